The molecule has 1 aromatic heterocycles. The largest absolute Gasteiger partial charge is 0.374 e. The summed E-state index contributed by atoms with van der Waals surface area (Å²) >= 11 is 3.47. The molecule has 0 saturated carbocycles. The van der Waals surface area contributed by atoms with E-state index >= 15 is 0 Å². The highest BCUT2D eigenvalue weighted by atomic mass is 79.9. The van der Waals surface area contributed by atoms with E-state index in [2.05, 4.69) is 46.1 Å². The van der Waals surface area contributed by atoms with E-state index in [1.54, 1.807) is 0 Å². The number of pyridine rings is 1. The van der Waals surface area contributed by atoms with Crippen LogP contribution in [-0.4, -0.2) is 29.8 Å². The first-order chi connectivity index (χ1) is 8.69. The van der Waals surface area contributed by atoms with Gasteiger partial charge in [0.15, 0.2) is 0 Å². The van der Waals surface area contributed by atoms with Crippen LogP contribution in [0.4, 0.5) is 0 Å². The zero-order chi connectivity index (χ0) is 13.0. The van der Waals surface area contributed by atoms with E-state index in [9.17, 15) is 0 Å². The third-order valence-corrected chi connectivity index (χ3v) is 3.83. The molecule has 1 fully saturated rings. The SMILES string of the molecule is CCNC(Cc1cncc(Br)c1)C1CCC(C)O1. The predicted octanol–water partition coefficient (Wildman–Crippen LogP) is 2.93. The highest BCUT2D eigenvalue weighted by Gasteiger charge is 2.29. The summed E-state index contributed by atoms with van der Waals surface area (Å²) in [4.78, 5) is 4.22. The van der Waals surface area contributed by atoms with Crippen LogP contribution in [0, 0.1) is 0 Å². The lowest BCUT2D eigenvalue weighted by atomic mass is 10.0. The summed E-state index contributed by atoms with van der Waals surface area (Å²) in [6.07, 6.45) is 7.78. The smallest absolute Gasteiger partial charge is 0.0735 e. The molecular formula is C14H21BrN2O. The monoisotopic (exact) mass is 312 g/mol. The molecule has 100 valence electrons. The average molecular weight is 313 g/mol. The van der Waals surface area contributed by atoms with Crippen LogP contribution in [0.5, 0.6) is 0 Å². The fourth-order valence-corrected chi connectivity index (χ4v) is 2.96. The summed E-state index contributed by atoms with van der Waals surface area (Å²) in [6.45, 7) is 5.27. The lowest BCUT2D eigenvalue weighted by Crippen LogP contribution is -2.41. The fraction of sp³-hybridized carbons (Fsp3) is 0.643. The second-order valence-corrected chi connectivity index (χ2v) is 5.86. The second-order valence-electron chi connectivity index (χ2n) is 4.94. The standard InChI is InChI=1S/C14H21BrN2O/c1-3-17-13(14-5-4-10(2)18-14)7-11-6-12(15)9-16-8-11/h6,8-10,13-14,17H,3-5,7H2,1-2H3. The van der Waals surface area contributed by atoms with Crippen molar-refractivity contribution in [2.75, 3.05) is 6.54 Å². The Kier molecular flexibility index (Phi) is 5.15. The van der Waals surface area contributed by atoms with E-state index in [0.717, 1.165) is 23.9 Å². The molecule has 3 unspecified atom stereocenters. The number of hydrogen-bond acceptors (Lipinski definition) is 3. The Morgan fingerprint density at radius 3 is 2.94 bits per heavy atom. The minimum Gasteiger partial charge on any atom is -0.374 e. The third kappa shape index (κ3) is 3.77. The van der Waals surface area contributed by atoms with Gasteiger partial charge in [-0.15, -0.1) is 0 Å². The Bertz CT molecular complexity index is 386. The van der Waals surface area contributed by atoms with Crippen molar-refractivity contribution >= 4 is 15.9 Å². The van der Waals surface area contributed by atoms with E-state index in [-0.39, 0.29) is 0 Å². The Morgan fingerprint density at radius 1 is 1.50 bits per heavy atom. The number of aromatic nitrogens is 1. The van der Waals surface area contributed by atoms with Crippen molar-refractivity contribution in [1.29, 1.82) is 0 Å². The molecule has 0 amide bonds. The maximum absolute atomic E-state index is 5.98. The van der Waals surface area contributed by atoms with Gasteiger partial charge in [0, 0.05) is 22.9 Å². The first kappa shape index (κ1) is 14.0. The van der Waals surface area contributed by atoms with Gasteiger partial charge >= 0.3 is 0 Å². The zero-order valence-corrected chi connectivity index (χ0v) is 12.6. The van der Waals surface area contributed by atoms with Crippen LogP contribution < -0.4 is 5.32 Å². The van der Waals surface area contributed by atoms with Crippen molar-refractivity contribution in [1.82, 2.24) is 10.3 Å². The first-order valence-corrected chi connectivity index (χ1v) is 7.46. The van der Waals surface area contributed by atoms with Gasteiger partial charge < -0.3 is 10.1 Å². The molecule has 0 spiro atoms. The molecule has 1 saturated heterocycles. The third-order valence-electron chi connectivity index (χ3n) is 3.40. The molecule has 0 radical (unpaired) electrons. The van der Waals surface area contributed by atoms with Gasteiger partial charge in [0.1, 0.15) is 0 Å². The topological polar surface area (TPSA) is 34.2 Å². The first-order valence-electron chi connectivity index (χ1n) is 6.67. The van der Waals surface area contributed by atoms with Gasteiger partial charge in [-0.2, -0.15) is 0 Å². The zero-order valence-electron chi connectivity index (χ0n) is 11.0. The number of likely N-dealkylation sites (N-methyl/N-ethyl adjacent to an activating group) is 1. The quantitative estimate of drug-likeness (QED) is 0.907. The molecule has 0 bridgehead atoms. The van der Waals surface area contributed by atoms with Crippen LogP contribution in [0.25, 0.3) is 0 Å². The van der Waals surface area contributed by atoms with E-state index in [0.29, 0.717) is 18.2 Å². The van der Waals surface area contributed by atoms with Gasteiger partial charge in [0.2, 0.25) is 0 Å². The molecule has 1 N–H and O–H groups in total. The maximum atomic E-state index is 5.98. The van der Waals surface area contributed by atoms with Crippen molar-refractivity contribution < 1.29 is 4.74 Å². The molecule has 3 nitrogen and oxygen atoms in total. The molecule has 1 aromatic rings. The Balaban J connectivity index is 2.01. The molecule has 0 aliphatic carbocycles. The molecule has 1 aliphatic rings. The van der Waals surface area contributed by atoms with Crippen LogP contribution in [0.1, 0.15) is 32.3 Å². The normalized spacial score (nSPS) is 25.3. The van der Waals surface area contributed by atoms with Crippen molar-refractivity contribution in [2.45, 2.75) is 51.4 Å². The molecule has 3 atom stereocenters. The average Bonchev–Trinajstić information content (AvgIpc) is 2.75. The Labute approximate surface area is 117 Å². The van der Waals surface area contributed by atoms with Gasteiger partial charge in [-0.05, 0) is 60.3 Å². The van der Waals surface area contributed by atoms with Gasteiger partial charge in [-0.1, -0.05) is 6.92 Å². The van der Waals surface area contributed by atoms with Crippen molar-refractivity contribution in [3.8, 4) is 0 Å². The van der Waals surface area contributed by atoms with Gasteiger partial charge in [0.25, 0.3) is 0 Å². The number of hydrogen-bond donors (Lipinski definition) is 1. The molecule has 18 heavy (non-hydrogen) atoms. The number of nitrogens with one attached hydrogen (secondary N) is 1. The summed E-state index contributed by atoms with van der Waals surface area (Å²) in [7, 11) is 0. The summed E-state index contributed by atoms with van der Waals surface area (Å²) < 4.78 is 7.02. The lowest BCUT2D eigenvalue weighted by Gasteiger charge is -2.24. The van der Waals surface area contributed by atoms with Gasteiger partial charge in [-0.25, -0.2) is 0 Å². The highest BCUT2D eigenvalue weighted by Crippen LogP contribution is 2.24. The summed E-state index contributed by atoms with van der Waals surface area (Å²) in [6, 6.07) is 2.52. The van der Waals surface area contributed by atoms with E-state index in [1.165, 1.54) is 12.0 Å². The molecule has 4 heteroatoms. The number of rotatable bonds is 5. The summed E-state index contributed by atoms with van der Waals surface area (Å²) in [5.74, 6) is 0. The van der Waals surface area contributed by atoms with Crippen molar-refractivity contribution in [2.24, 2.45) is 0 Å². The van der Waals surface area contributed by atoms with Crippen molar-refractivity contribution in [3.63, 3.8) is 0 Å². The van der Waals surface area contributed by atoms with E-state index in [1.807, 2.05) is 12.4 Å². The fourth-order valence-electron chi connectivity index (χ4n) is 2.55. The van der Waals surface area contributed by atoms with Crippen LogP contribution in [0.15, 0.2) is 22.9 Å². The molecule has 2 rings (SSSR count). The predicted molar refractivity (Wildman–Crippen MR) is 76.7 cm³/mol. The van der Waals surface area contributed by atoms with Crippen LogP contribution in [0.2, 0.25) is 0 Å². The summed E-state index contributed by atoms with van der Waals surface area (Å²) in [5, 5.41) is 3.54. The minimum atomic E-state index is 0.332. The van der Waals surface area contributed by atoms with Crippen LogP contribution >= 0.6 is 15.9 Å². The molecule has 1 aliphatic heterocycles. The molecular weight excluding hydrogens is 292 g/mol. The maximum Gasteiger partial charge on any atom is 0.0735 e. The van der Waals surface area contributed by atoms with Crippen molar-refractivity contribution in [3.05, 3.63) is 28.5 Å². The number of halogens is 1. The van der Waals surface area contributed by atoms with Gasteiger partial charge in [0.05, 0.1) is 12.2 Å². The Hall–Kier alpha value is -0.450. The Morgan fingerprint density at radius 2 is 2.33 bits per heavy atom. The van der Waals surface area contributed by atoms with Crippen LogP contribution in [0.3, 0.4) is 0 Å². The second kappa shape index (κ2) is 6.64. The number of ether oxygens (including phenoxy) is 1. The van der Waals surface area contributed by atoms with Crippen LogP contribution in [-0.2, 0) is 11.2 Å². The summed E-state index contributed by atoms with van der Waals surface area (Å²) in [5.41, 5.74) is 1.25. The molecule has 2 heterocycles. The minimum absolute atomic E-state index is 0.332. The van der Waals surface area contributed by atoms with E-state index < -0.39 is 0 Å². The lowest BCUT2D eigenvalue weighted by molar-refractivity contribution is 0.0324. The molecule has 0 aromatic carbocycles. The highest BCUT2D eigenvalue weighted by molar-refractivity contribution is 9.10. The van der Waals surface area contributed by atoms with Gasteiger partial charge in [-0.3, -0.25) is 4.98 Å². The van der Waals surface area contributed by atoms with E-state index in [4.69, 9.17) is 4.74 Å². The number of nitrogens with zero attached hydrogens (tertiary/aromatic N) is 1.